The molecular formula is C13H17N3O. The van der Waals surface area contributed by atoms with E-state index >= 15 is 0 Å². The molecule has 1 aliphatic heterocycles. The van der Waals surface area contributed by atoms with Crippen molar-refractivity contribution in [1.82, 2.24) is 5.32 Å². The van der Waals surface area contributed by atoms with Gasteiger partial charge in [-0.1, -0.05) is 12.1 Å². The SMILES string of the molecule is CC1CN(c2ccccc2C#N)C(CO)CN1. The van der Waals surface area contributed by atoms with Crippen LogP contribution in [-0.2, 0) is 0 Å². The third-order valence-electron chi connectivity index (χ3n) is 3.16. The Hall–Kier alpha value is -1.57. The summed E-state index contributed by atoms with van der Waals surface area (Å²) in [6.07, 6.45) is 0. The Kier molecular flexibility index (Phi) is 3.62. The first-order valence-corrected chi connectivity index (χ1v) is 5.86. The Labute approximate surface area is 101 Å². The van der Waals surface area contributed by atoms with Crippen molar-refractivity contribution in [3.63, 3.8) is 0 Å². The fourth-order valence-corrected chi connectivity index (χ4v) is 2.23. The second kappa shape index (κ2) is 5.17. The van der Waals surface area contributed by atoms with E-state index in [0.717, 1.165) is 18.8 Å². The van der Waals surface area contributed by atoms with E-state index < -0.39 is 0 Å². The molecule has 4 nitrogen and oxygen atoms in total. The number of benzene rings is 1. The van der Waals surface area contributed by atoms with Gasteiger partial charge >= 0.3 is 0 Å². The van der Waals surface area contributed by atoms with Crippen LogP contribution in [0.15, 0.2) is 24.3 Å². The normalized spacial score (nSPS) is 24.4. The van der Waals surface area contributed by atoms with Crippen molar-refractivity contribution in [2.24, 2.45) is 0 Å². The van der Waals surface area contributed by atoms with Gasteiger partial charge in [0.25, 0.3) is 0 Å². The van der Waals surface area contributed by atoms with Crippen LogP contribution in [-0.4, -0.2) is 36.9 Å². The monoisotopic (exact) mass is 231 g/mol. The number of nitrogens with one attached hydrogen (secondary N) is 1. The molecule has 1 saturated heterocycles. The van der Waals surface area contributed by atoms with Crippen molar-refractivity contribution < 1.29 is 5.11 Å². The molecule has 4 heteroatoms. The quantitative estimate of drug-likeness (QED) is 0.787. The zero-order valence-electron chi connectivity index (χ0n) is 9.93. The van der Waals surface area contributed by atoms with Crippen LogP contribution in [0.25, 0.3) is 0 Å². The van der Waals surface area contributed by atoms with Crippen molar-refractivity contribution >= 4 is 5.69 Å². The molecule has 0 saturated carbocycles. The number of aliphatic hydroxyl groups is 1. The summed E-state index contributed by atoms with van der Waals surface area (Å²) >= 11 is 0. The standard InChI is InChI=1S/C13H17N3O/c1-10-8-16(12(9-17)7-15-10)13-5-3-2-4-11(13)6-14/h2-5,10,12,15,17H,7-9H2,1H3. The van der Waals surface area contributed by atoms with Crippen LogP contribution in [0.3, 0.4) is 0 Å². The second-order valence-corrected chi connectivity index (χ2v) is 4.43. The van der Waals surface area contributed by atoms with E-state index in [1.54, 1.807) is 0 Å². The zero-order chi connectivity index (χ0) is 12.3. The third-order valence-corrected chi connectivity index (χ3v) is 3.16. The van der Waals surface area contributed by atoms with E-state index in [0.29, 0.717) is 11.6 Å². The molecule has 1 fully saturated rings. The van der Waals surface area contributed by atoms with Gasteiger partial charge in [-0.15, -0.1) is 0 Å². The average molecular weight is 231 g/mol. The summed E-state index contributed by atoms with van der Waals surface area (Å²) in [5.41, 5.74) is 1.59. The highest BCUT2D eigenvalue weighted by atomic mass is 16.3. The summed E-state index contributed by atoms with van der Waals surface area (Å²) in [5.74, 6) is 0. The molecule has 2 N–H and O–H groups in total. The first-order chi connectivity index (χ1) is 8.26. The molecule has 0 spiro atoms. The van der Waals surface area contributed by atoms with Crippen LogP contribution in [0.4, 0.5) is 5.69 Å². The van der Waals surface area contributed by atoms with Gasteiger partial charge in [0.05, 0.1) is 23.9 Å². The van der Waals surface area contributed by atoms with Gasteiger partial charge in [0, 0.05) is 19.1 Å². The molecule has 1 aromatic rings. The molecule has 1 aromatic carbocycles. The number of hydrogen-bond donors (Lipinski definition) is 2. The molecule has 0 bridgehead atoms. The topological polar surface area (TPSA) is 59.3 Å². The molecule has 2 atom stereocenters. The molecule has 17 heavy (non-hydrogen) atoms. The van der Waals surface area contributed by atoms with E-state index in [4.69, 9.17) is 5.26 Å². The summed E-state index contributed by atoms with van der Waals surface area (Å²) in [5, 5.41) is 21.9. The number of piperazine rings is 1. The van der Waals surface area contributed by atoms with Gasteiger partial charge in [-0.25, -0.2) is 0 Å². The summed E-state index contributed by atoms with van der Waals surface area (Å²) in [6.45, 7) is 3.76. The highest BCUT2D eigenvalue weighted by Gasteiger charge is 2.26. The van der Waals surface area contributed by atoms with E-state index in [-0.39, 0.29) is 12.6 Å². The highest BCUT2D eigenvalue weighted by molar-refractivity contribution is 5.60. The van der Waals surface area contributed by atoms with Crippen LogP contribution in [0.2, 0.25) is 0 Å². The van der Waals surface area contributed by atoms with Gasteiger partial charge in [-0.05, 0) is 19.1 Å². The van der Waals surface area contributed by atoms with E-state index in [2.05, 4.69) is 23.2 Å². The average Bonchev–Trinajstić information content (AvgIpc) is 2.38. The molecule has 0 radical (unpaired) electrons. The molecule has 0 amide bonds. The largest absolute Gasteiger partial charge is 0.394 e. The highest BCUT2D eigenvalue weighted by Crippen LogP contribution is 2.23. The number of aliphatic hydroxyl groups excluding tert-OH is 1. The summed E-state index contributed by atoms with van der Waals surface area (Å²) in [7, 11) is 0. The molecular weight excluding hydrogens is 214 g/mol. The minimum atomic E-state index is 0.0423. The molecule has 1 aliphatic rings. The maximum Gasteiger partial charge on any atom is 0.101 e. The summed E-state index contributed by atoms with van der Waals surface area (Å²) in [6, 6.07) is 10.2. The lowest BCUT2D eigenvalue weighted by Gasteiger charge is -2.40. The van der Waals surface area contributed by atoms with Crippen molar-refractivity contribution in [3.8, 4) is 6.07 Å². The van der Waals surface area contributed by atoms with Crippen LogP contribution < -0.4 is 10.2 Å². The lowest BCUT2D eigenvalue weighted by molar-refractivity contribution is 0.237. The van der Waals surface area contributed by atoms with Crippen LogP contribution >= 0.6 is 0 Å². The van der Waals surface area contributed by atoms with Crippen molar-refractivity contribution in [2.45, 2.75) is 19.0 Å². The number of nitrogens with zero attached hydrogens (tertiary/aromatic N) is 2. The second-order valence-electron chi connectivity index (χ2n) is 4.43. The van der Waals surface area contributed by atoms with Gasteiger partial charge in [0.2, 0.25) is 0 Å². The Balaban J connectivity index is 2.32. The van der Waals surface area contributed by atoms with Gasteiger partial charge < -0.3 is 15.3 Å². The molecule has 2 unspecified atom stereocenters. The van der Waals surface area contributed by atoms with Gasteiger partial charge in [0.15, 0.2) is 0 Å². The Morgan fingerprint density at radius 2 is 2.29 bits per heavy atom. The number of rotatable bonds is 2. The number of nitriles is 1. The predicted molar refractivity (Wildman–Crippen MR) is 66.8 cm³/mol. The van der Waals surface area contributed by atoms with Crippen molar-refractivity contribution in [2.75, 3.05) is 24.6 Å². The van der Waals surface area contributed by atoms with E-state index in [9.17, 15) is 5.11 Å². The fourth-order valence-electron chi connectivity index (χ4n) is 2.23. The number of anilines is 1. The van der Waals surface area contributed by atoms with Crippen molar-refractivity contribution in [1.29, 1.82) is 5.26 Å². The fraction of sp³-hybridized carbons (Fsp3) is 0.462. The molecule has 1 heterocycles. The first kappa shape index (κ1) is 11.9. The molecule has 90 valence electrons. The zero-order valence-corrected chi connectivity index (χ0v) is 9.93. The van der Waals surface area contributed by atoms with Gasteiger partial charge in [-0.2, -0.15) is 5.26 Å². The Morgan fingerprint density at radius 3 is 3.00 bits per heavy atom. The maximum absolute atomic E-state index is 9.41. The van der Waals surface area contributed by atoms with E-state index in [1.807, 2.05) is 24.3 Å². The van der Waals surface area contributed by atoms with Gasteiger partial charge in [0.1, 0.15) is 6.07 Å². The molecule has 2 rings (SSSR count). The number of hydrogen-bond acceptors (Lipinski definition) is 4. The van der Waals surface area contributed by atoms with Crippen LogP contribution in [0, 0.1) is 11.3 Å². The lowest BCUT2D eigenvalue weighted by atomic mass is 10.1. The first-order valence-electron chi connectivity index (χ1n) is 5.86. The predicted octanol–water partition coefficient (Wildman–Crippen LogP) is 0.717. The van der Waals surface area contributed by atoms with E-state index in [1.165, 1.54) is 0 Å². The van der Waals surface area contributed by atoms with Crippen molar-refractivity contribution in [3.05, 3.63) is 29.8 Å². The smallest absolute Gasteiger partial charge is 0.101 e. The summed E-state index contributed by atoms with van der Waals surface area (Å²) < 4.78 is 0. The number of para-hydroxylation sites is 1. The Morgan fingerprint density at radius 1 is 1.53 bits per heavy atom. The maximum atomic E-state index is 9.41. The lowest BCUT2D eigenvalue weighted by Crippen LogP contribution is -2.57. The molecule has 0 aromatic heterocycles. The van der Waals surface area contributed by atoms with Gasteiger partial charge in [-0.3, -0.25) is 0 Å². The minimum absolute atomic E-state index is 0.0423. The minimum Gasteiger partial charge on any atom is -0.394 e. The Bertz CT molecular complexity index is 427. The van der Waals surface area contributed by atoms with Crippen LogP contribution in [0.1, 0.15) is 12.5 Å². The molecule has 0 aliphatic carbocycles. The summed E-state index contributed by atoms with van der Waals surface area (Å²) in [4.78, 5) is 2.12. The third kappa shape index (κ3) is 2.41. The van der Waals surface area contributed by atoms with Crippen LogP contribution in [0.5, 0.6) is 0 Å².